The third-order valence-corrected chi connectivity index (χ3v) is 3.30. The number of ether oxygens (including phenoxy) is 1. The van der Waals surface area contributed by atoms with Crippen molar-refractivity contribution in [2.75, 3.05) is 52.9 Å². The van der Waals surface area contributed by atoms with Crippen LogP contribution < -0.4 is 5.73 Å². The van der Waals surface area contributed by atoms with E-state index in [0.717, 1.165) is 5.75 Å². The second-order valence-electron chi connectivity index (χ2n) is 4.43. The summed E-state index contributed by atoms with van der Waals surface area (Å²) in [6.45, 7) is 0.811. The fourth-order valence-corrected chi connectivity index (χ4v) is 1.87. The SMILES string of the molecule is COCCN(CC(=O)N(C)C)C(=O)[C@@H](N)CCSC. The van der Waals surface area contributed by atoms with Crippen LogP contribution in [0.3, 0.4) is 0 Å². The van der Waals surface area contributed by atoms with Crippen LogP contribution in [0.15, 0.2) is 0 Å². The lowest BCUT2D eigenvalue weighted by molar-refractivity contribution is -0.140. The molecule has 0 aliphatic carbocycles. The average molecular weight is 291 g/mol. The van der Waals surface area contributed by atoms with Crippen molar-refractivity contribution in [3.8, 4) is 0 Å². The van der Waals surface area contributed by atoms with E-state index in [2.05, 4.69) is 0 Å². The molecule has 0 spiro atoms. The van der Waals surface area contributed by atoms with Gasteiger partial charge in [-0.05, 0) is 18.4 Å². The smallest absolute Gasteiger partial charge is 0.241 e. The Morgan fingerprint density at radius 2 is 2.00 bits per heavy atom. The van der Waals surface area contributed by atoms with Crippen molar-refractivity contribution in [3.63, 3.8) is 0 Å². The molecule has 0 saturated heterocycles. The molecule has 0 aromatic rings. The van der Waals surface area contributed by atoms with E-state index in [1.54, 1.807) is 33.0 Å². The van der Waals surface area contributed by atoms with Crippen LogP contribution in [0.2, 0.25) is 0 Å². The lowest BCUT2D eigenvalue weighted by atomic mass is 10.2. The quantitative estimate of drug-likeness (QED) is 0.627. The molecule has 2 amide bonds. The topological polar surface area (TPSA) is 75.9 Å². The molecule has 2 N–H and O–H groups in total. The number of likely N-dealkylation sites (N-methyl/N-ethyl adjacent to an activating group) is 1. The van der Waals surface area contributed by atoms with Crippen LogP contribution in [0.4, 0.5) is 0 Å². The van der Waals surface area contributed by atoms with E-state index < -0.39 is 6.04 Å². The van der Waals surface area contributed by atoms with Crippen LogP contribution in [0, 0.1) is 0 Å². The Morgan fingerprint density at radius 3 is 2.47 bits per heavy atom. The number of carbonyl (C=O) groups is 2. The Balaban J connectivity index is 4.54. The van der Waals surface area contributed by atoms with Crippen molar-refractivity contribution in [1.29, 1.82) is 0 Å². The van der Waals surface area contributed by atoms with Gasteiger partial charge in [0, 0.05) is 27.7 Å². The molecule has 112 valence electrons. The van der Waals surface area contributed by atoms with Gasteiger partial charge in [0.2, 0.25) is 11.8 Å². The van der Waals surface area contributed by atoms with Gasteiger partial charge in [0.05, 0.1) is 19.2 Å². The van der Waals surface area contributed by atoms with E-state index in [1.807, 2.05) is 6.26 Å². The largest absolute Gasteiger partial charge is 0.383 e. The summed E-state index contributed by atoms with van der Waals surface area (Å²) in [7, 11) is 4.88. The first-order valence-electron chi connectivity index (χ1n) is 6.16. The molecule has 19 heavy (non-hydrogen) atoms. The Bertz CT molecular complexity index is 287. The molecule has 6 nitrogen and oxygen atoms in total. The number of hydrogen-bond donors (Lipinski definition) is 1. The summed E-state index contributed by atoms with van der Waals surface area (Å²) >= 11 is 1.65. The molecule has 0 heterocycles. The van der Waals surface area contributed by atoms with Gasteiger partial charge in [-0.1, -0.05) is 0 Å². The summed E-state index contributed by atoms with van der Waals surface area (Å²) in [6, 6.07) is -0.556. The Hall–Kier alpha value is -0.790. The van der Waals surface area contributed by atoms with E-state index in [-0.39, 0.29) is 18.4 Å². The molecule has 0 aromatic carbocycles. The predicted octanol–water partition coefficient (Wildman–Crippen LogP) is -0.370. The minimum atomic E-state index is -0.556. The first kappa shape index (κ1) is 18.2. The fourth-order valence-electron chi connectivity index (χ4n) is 1.38. The van der Waals surface area contributed by atoms with E-state index in [4.69, 9.17) is 10.5 Å². The third-order valence-electron chi connectivity index (χ3n) is 2.65. The van der Waals surface area contributed by atoms with Crippen molar-refractivity contribution < 1.29 is 14.3 Å². The Morgan fingerprint density at radius 1 is 1.37 bits per heavy atom. The van der Waals surface area contributed by atoms with Gasteiger partial charge < -0.3 is 20.3 Å². The molecule has 0 fully saturated rings. The zero-order chi connectivity index (χ0) is 14.8. The van der Waals surface area contributed by atoms with E-state index >= 15 is 0 Å². The number of hydrogen-bond acceptors (Lipinski definition) is 5. The number of nitrogens with two attached hydrogens (primary N) is 1. The summed E-state index contributed by atoms with van der Waals surface area (Å²) < 4.78 is 4.96. The molecule has 0 unspecified atom stereocenters. The molecule has 0 aromatic heterocycles. The van der Waals surface area contributed by atoms with E-state index in [0.29, 0.717) is 19.6 Å². The van der Waals surface area contributed by atoms with Crippen LogP contribution >= 0.6 is 11.8 Å². The normalized spacial score (nSPS) is 12.1. The highest BCUT2D eigenvalue weighted by Gasteiger charge is 2.23. The third kappa shape index (κ3) is 7.39. The summed E-state index contributed by atoms with van der Waals surface area (Å²) in [5.41, 5.74) is 5.86. The van der Waals surface area contributed by atoms with Crippen LogP contribution in [-0.4, -0.2) is 80.6 Å². The molecular weight excluding hydrogens is 266 g/mol. The van der Waals surface area contributed by atoms with Crippen molar-refractivity contribution in [2.45, 2.75) is 12.5 Å². The lowest BCUT2D eigenvalue weighted by Crippen LogP contribution is -2.49. The fraction of sp³-hybridized carbons (Fsp3) is 0.833. The molecular formula is C12H25N3O3S. The number of methoxy groups -OCH3 is 1. The van der Waals surface area contributed by atoms with Gasteiger partial charge in [-0.25, -0.2) is 0 Å². The maximum atomic E-state index is 12.2. The minimum Gasteiger partial charge on any atom is -0.383 e. The zero-order valence-corrected chi connectivity index (χ0v) is 13.0. The van der Waals surface area contributed by atoms with Gasteiger partial charge in [-0.3, -0.25) is 9.59 Å². The van der Waals surface area contributed by atoms with Gasteiger partial charge in [-0.15, -0.1) is 0 Å². The first-order chi connectivity index (χ1) is 8.93. The highest BCUT2D eigenvalue weighted by Crippen LogP contribution is 2.03. The number of nitrogens with zero attached hydrogens (tertiary/aromatic N) is 2. The van der Waals surface area contributed by atoms with Crippen LogP contribution in [-0.2, 0) is 14.3 Å². The Labute approximate surface area is 119 Å². The molecule has 0 rings (SSSR count). The van der Waals surface area contributed by atoms with Crippen LogP contribution in [0.25, 0.3) is 0 Å². The minimum absolute atomic E-state index is 0.0438. The second-order valence-corrected chi connectivity index (χ2v) is 5.41. The van der Waals surface area contributed by atoms with Gasteiger partial charge in [0.1, 0.15) is 0 Å². The summed E-state index contributed by atoms with van der Waals surface area (Å²) in [5.74, 6) is 0.509. The Kier molecular flexibility index (Phi) is 9.63. The van der Waals surface area contributed by atoms with Crippen molar-refractivity contribution in [2.24, 2.45) is 5.73 Å². The van der Waals surface area contributed by atoms with E-state index in [1.165, 1.54) is 9.80 Å². The highest BCUT2D eigenvalue weighted by molar-refractivity contribution is 7.98. The number of carbonyl (C=O) groups excluding carboxylic acids is 2. The number of rotatable bonds is 9. The van der Waals surface area contributed by atoms with Gasteiger partial charge in [0.15, 0.2) is 0 Å². The summed E-state index contributed by atoms with van der Waals surface area (Å²) in [4.78, 5) is 26.8. The monoisotopic (exact) mass is 291 g/mol. The van der Waals surface area contributed by atoms with Crippen LogP contribution in [0.5, 0.6) is 0 Å². The molecule has 0 saturated carbocycles. The molecule has 0 radical (unpaired) electrons. The lowest BCUT2D eigenvalue weighted by Gasteiger charge is -2.26. The number of thioether (sulfide) groups is 1. The average Bonchev–Trinajstić information content (AvgIpc) is 2.39. The molecule has 0 aliphatic heterocycles. The zero-order valence-electron chi connectivity index (χ0n) is 12.2. The van der Waals surface area contributed by atoms with Gasteiger partial charge in [-0.2, -0.15) is 11.8 Å². The van der Waals surface area contributed by atoms with Crippen LogP contribution in [0.1, 0.15) is 6.42 Å². The van der Waals surface area contributed by atoms with Gasteiger partial charge >= 0.3 is 0 Å². The summed E-state index contributed by atoms with van der Waals surface area (Å²) in [5, 5.41) is 0. The van der Waals surface area contributed by atoms with Crippen molar-refractivity contribution in [3.05, 3.63) is 0 Å². The standard InChI is InChI=1S/C12H25N3O3S/c1-14(2)11(16)9-15(6-7-18-3)12(17)10(13)5-8-19-4/h10H,5-9,13H2,1-4H3/t10-/m0/s1. The van der Waals surface area contributed by atoms with Gasteiger partial charge in [0.25, 0.3) is 0 Å². The molecule has 0 bridgehead atoms. The maximum Gasteiger partial charge on any atom is 0.241 e. The molecule has 0 aliphatic rings. The predicted molar refractivity (Wildman–Crippen MR) is 78.1 cm³/mol. The van der Waals surface area contributed by atoms with Crippen molar-refractivity contribution >= 4 is 23.6 Å². The molecule has 1 atom stereocenters. The maximum absolute atomic E-state index is 12.2. The molecule has 7 heteroatoms. The van der Waals surface area contributed by atoms with E-state index in [9.17, 15) is 9.59 Å². The number of amides is 2. The summed E-state index contributed by atoms with van der Waals surface area (Å²) in [6.07, 6.45) is 2.58. The van der Waals surface area contributed by atoms with Crippen molar-refractivity contribution in [1.82, 2.24) is 9.80 Å². The second kappa shape index (κ2) is 10.1. The first-order valence-corrected chi connectivity index (χ1v) is 7.55. The highest BCUT2D eigenvalue weighted by atomic mass is 32.2.